The van der Waals surface area contributed by atoms with Crippen LogP contribution in [0.4, 0.5) is 18.9 Å². The number of carbonyl (C=O) groups is 1. The third kappa shape index (κ3) is 3.72. The Bertz CT molecular complexity index is 555. The van der Waals surface area contributed by atoms with Crippen LogP contribution in [0.15, 0.2) is 6.07 Å². The van der Waals surface area contributed by atoms with E-state index in [1.54, 1.807) is 13.8 Å². The molecule has 0 bridgehead atoms. The van der Waals surface area contributed by atoms with Crippen LogP contribution < -0.4 is 10.6 Å². The predicted octanol–water partition coefficient (Wildman–Crippen LogP) is 3.99. The van der Waals surface area contributed by atoms with Crippen molar-refractivity contribution in [3.63, 3.8) is 0 Å². The van der Waals surface area contributed by atoms with E-state index in [1.807, 2.05) is 0 Å². The maximum absolute atomic E-state index is 14.1. The summed E-state index contributed by atoms with van der Waals surface area (Å²) in [7, 11) is 0. The average Bonchev–Trinajstić information content (AvgIpc) is 2.47. The summed E-state index contributed by atoms with van der Waals surface area (Å²) in [4.78, 5) is 11.8. The Morgan fingerprint density at radius 2 is 1.77 bits per heavy atom. The zero-order valence-corrected chi connectivity index (χ0v) is 12.8. The molecular weight excluding hydrogens is 293 g/mol. The summed E-state index contributed by atoms with van der Waals surface area (Å²) < 4.78 is 42.3. The normalized spacial score (nSPS) is 15.9. The minimum Gasteiger partial charge on any atom is -0.377 e. The Hall–Kier alpha value is -1.72. The van der Waals surface area contributed by atoms with E-state index in [-0.39, 0.29) is 12.1 Å². The zero-order valence-electron chi connectivity index (χ0n) is 12.8. The van der Waals surface area contributed by atoms with Crippen molar-refractivity contribution in [2.75, 3.05) is 5.32 Å². The first-order valence-corrected chi connectivity index (χ1v) is 7.65. The molecule has 1 aliphatic carbocycles. The molecule has 1 aromatic carbocycles. The molecule has 0 heterocycles. The molecule has 1 amide bonds. The van der Waals surface area contributed by atoms with Crippen LogP contribution in [0.2, 0.25) is 0 Å². The van der Waals surface area contributed by atoms with Gasteiger partial charge in [0.2, 0.25) is 0 Å². The number of nitrogens with one attached hydrogen (secondary N) is 2. The predicted molar refractivity (Wildman–Crippen MR) is 79.4 cm³/mol. The van der Waals surface area contributed by atoms with E-state index >= 15 is 0 Å². The SMILES string of the molecule is CC(C)NC(=O)c1cc(F)c(NC2CCCCC2)c(F)c1F. The van der Waals surface area contributed by atoms with E-state index in [0.717, 1.165) is 38.2 Å². The lowest BCUT2D eigenvalue weighted by molar-refractivity contribution is 0.0937. The summed E-state index contributed by atoms with van der Waals surface area (Å²) in [6, 6.07) is 0.437. The fraction of sp³-hybridized carbons (Fsp3) is 0.562. The van der Waals surface area contributed by atoms with Crippen molar-refractivity contribution >= 4 is 11.6 Å². The van der Waals surface area contributed by atoms with Gasteiger partial charge in [0.05, 0.1) is 5.56 Å². The van der Waals surface area contributed by atoms with E-state index in [4.69, 9.17) is 0 Å². The van der Waals surface area contributed by atoms with Crippen molar-refractivity contribution in [2.45, 2.75) is 58.0 Å². The highest BCUT2D eigenvalue weighted by atomic mass is 19.2. The maximum Gasteiger partial charge on any atom is 0.254 e. The van der Waals surface area contributed by atoms with Gasteiger partial charge in [0, 0.05) is 12.1 Å². The number of halogens is 3. The maximum atomic E-state index is 14.1. The topological polar surface area (TPSA) is 41.1 Å². The monoisotopic (exact) mass is 314 g/mol. The second kappa shape index (κ2) is 7.03. The van der Waals surface area contributed by atoms with Crippen LogP contribution in [0.25, 0.3) is 0 Å². The molecule has 0 aliphatic heterocycles. The van der Waals surface area contributed by atoms with E-state index in [9.17, 15) is 18.0 Å². The molecule has 2 rings (SSSR count). The molecule has 1 aliphatic rings. The van der Waals surface area contributed by atoms with Crippen LogP contribution in [0, 0.1) is 17.5 Å². The highest BCUT2D eigenvalue weighted by molar-refractivity contribution is 5.95. The fourth-order valence-electron chi connectivity index (χ4n) is 2.68. The molecule has 0 saturated heterocycles. The van der Waals surface area contributed by atoms with Crippen molar-refractivity contribution in [1.82, 2.24) is 5.32 Å². The lowest BCUT2D eigenvalue weighted by atomic mass is 9.95. The smallest absolute Gasteiger partial charge is 0.254 e. The van der Waals surface area contributed by atoms with E-state index in [0.29, 0.717) is 0 Å². The summed E-state index contributed by atoms with van der Waals surface area (Å²) in [5.41, 5.74) is -1.09. The number of anilines is 1. The molecule has 0 radical (unpaired) electrons. The van der Waals surface area contributed by atoms with Gasteiger partial charge in [-0.05, 0) is 32.8 Å². The van der Waals surface area contributed by atoms with Crippen LogP contribution in [0.3, 0.4) is 0 Å². The first-order chi connectivity index (χ1) is 10.4. The lowest BCUT2D eigenvalue weighted by Crippen LogP contribution is -2.31. The van der Waals surface area contributed by atoms with Gasteiger partial charge in [-0.15, -0.1) is 0 Å². The van der Waals surface area contributed by atoms with Crippen LogP contribution in [-0.2, 0) is 0 Å². The number of rotatable bonds is 4. The number of carbonyl (C=O) groups excluding carboxylic acids is 1. The third-order valence-electron chi connectivity index (χ3n) is 3.78. The van der Waals surface area contributed by atoms with E-state index < -0.39 is 34.6 Å². The Balaban J connectivity index is 2.25. The summed E-state index contributed by atoms with van der Waals surface area (Å²) in [6.07, 6.45) is 4.68. The molecule has 1 aromatic rings. The third-order valence-corrected chi connectivity index (χ3v) is 3.78. The van der Waals surface area contributed by atoms with Gasteiger partial charge in [-0.25, -0.2) is 13.2 Å². The number of hydrogen-bond donors (Lipinski definition) is 2. The van der Waals surface area contributed by atoms with E-state index in [1.165, 1.54) is 0 Å². The molecule has 1 saturated carbocycles. The van der Waals surface area contributed by atoms with Gasteiger partial charge in [0.15, 0.2) is 11.6 Å². The Kier molecular flexibility index (Phi) is 5.32. The summed E-state index contributed by atoms with van der Waals surface area (Å²) >= 11 is 0. The molecule has 2 N–H and O–H groups in total. The molecule has 0 aromatic heterocycles. The van der Waals surface area contributed by atoms with Crippen molar-refractivity contribution in [3.8, 4) is 0 Å². The van der Waals surface area contributed by atoms with Gasteiger partial charge in [-0.3, -0.25) is 4.79 Å². The molecule has 0 atom stereocenters. The summed E-state index contributed by atoms with van der Waals surface area (Å²) in [5, 5.41) is 5.17. The van der Waals surface area contributed by atoms with Gasteiger partial charge >= 0.3 is 0 Å². The van der Waals surface area contributed by atoms with E-state index in [2.05, 4.69) is 10.6 Å². The highest BCUT2D eigenvalue weighted by Gasteiger charge is 2.25. The largest absolute Gasteiger partial charge is 0.377 e. The minimum atomic E-state index is -1.33. The molecule has 22 heavy (non-hydrogen) atoms. The quantitative estimate of drug-likeness (QED) is 0.825. The Morgan fingerprint density at radius 3 is 2.36 bits per heavy atom. The molecular formula is C16H21F3N2O. The molecule has 0 spiro atoms. The van der Waals surface area contributed by atoms with Gasteiger partial charge in [-0.1, -0.05) is 19.3 Å². The van der Waals surface area contributed by atoms with Crippen LogP contribution in [-0.4, -0.2) is 18.0 Å². The second-order valence-electron chi connectivity index (χ2n) is 6.02. The molecule has 3 nitrogen and oxygen atoms in total. The van der Waals surface area contributed by atoms with Gasteiger partial charge in [0.25, 0.3) is 5.91 Å². The van der Waals surface area contributed by atoms with Crippen molar-refractivity contribution in [2.24, 2.45) is 0 Å². The van der Waals surface area contributed by atoms with Gasteiger partial charge in [-0.2, -0.15) is 0 Å². The molecule has 1 fully saturated rings. The summed E-state index contributed by atoms with van der Waals surface area (Å²) in [6.45, 7) is 3.36. The van der Waals surface area contributed by atoms with Crippen molar-refractivity contribution in [3.05, 3.63) is 29.1 Å². The highest BCUT2D eigenvalue weighted by Crippen LogP contribution is 2.28. The number of benzene rings is 1. The standard InChI is InChI=1S/C16H21F3N2O/c1-9(2)20-16(22)11-8-12(17)15(14(19)13(11)18)21-10-6-4-3-5-7-10/h8-10,21H,3-7H2,1-2H3,(H,20,22). The first kappa shape index (κ1) is 16.6. The average molecular weight is 314 g/mol. The lowest BCUT2D eigenvalue weighted by Gasteiger charge is -2.24. The molecule has 122 valence electrons. The number of amides is 1. The summed E-state index contributed by atoms with van der Waals surface area (Å²) in [5.74, 6) is -4.43. The Labute approximate surface area is 128 Å². The fourth-order valence-corrected chi connectivity index (χ4v) is 2.68. The second-order valence-corrected chi connectivity index (χ2v) is 6.02. The van der Waals surface area contributed by atoms with Crippen molar-refractivity contribution < 1.29 is 18.0 Å². The van der Waals surface area contributed by atoms with Crippen LogP contribution in [0.5, 0.6) is 0 Å². The van der Waals surface area contributed by atoms with Crippen molar-refractivity contribution in [1.29, 1.82) is 0 Å². The minimum absolute atomic E-state index is 0.0625. The van der Waals surface area contributed by atoms with Gasteiger partial charge in [0.1, 0.15) is 11.5 Å². The van der Waals surface area contributed by atoms with Crippen LogP contribution >= 0.6 is 0 Å². The number of hydrogen-bond acceptors (Lipinski definition) is 2. The van der Waals surface area contributed by atoms with Gasteiger partial charge < -0.3 is 10.6 Å². The zero-order chi connectivity index (χ0) is 16.3. The molecule has 6 heteroatoms. The van der Waals surface area contributed by atoms with Crippen LogP contribution in [0.1, 0.15) is 56.3 Å². The Morgan fingerprint density at radius 1 is 1.14 bits per heavy atom. The first-order valence-electron chi connectivity index (χ1n) is 7.65. The molecule has 0 unspecified atom stereocenters.